The van der Waals surface area contributed by atoms with Crippen LogP contribution in [0.5, 0.6) is 5.75 Å². The molecule has 2 unspecified atom stereocenters. The second-order valence-electron chi connectivity index (χ2n) is 9.47. The number of rotatable bonds is 5. The Balaban J connectivity index is 1.49. The van der Waals surface area contributed by atoms with Crippen molar-refractivity contribution in [3.8, 4) is 5.75 Å². The Morgan fingerprint density at radius 1 is 1.18 bits per heavy atom. The fraction of sp³-hybridized carbons (Fsp3) is 0.667. The second-order valence-corrected chi connectivity index (χ2v) is 11.9. The van der Waals surface area contributed by atoms with E-state index in [1.165, 1.54) is 18.4 Å². The summed E-state index contributed by atoms with van der Waals surface area (Å²) in [6.45, 7) is 3.26. The van der Waals surface area contributed by atoms with E-state index in [9.17, 15) is 17.6 Å². The Hall–Kier alpha value is -1.63. The van der Waals surface area contributed by atoms with E-state index in [0.29, 0.717) is 18.8 Å². The highest BCUT2D eigenvalue weighted by Crippen LogP contribution is 2.58. The van der Waals surface area contributed by atoms with Gasteiger partial charge in [0.15, 0.2) is 27.0 Å². The zero-order valence-corrected chi connectivity index (χ0v) is 17.4. The van der Waals surface area contributed by atoms with E-state index in [2.05, 4.69) is 5.32 Å². The van der Waals surface area contributed by atoms with Gasteiger partial charge in [0.25, 0.3) is 5.91 Å². The van der Waals surface area contributed by atoms with Crippen LogP contribution in [-0.4, -0.2) is 37.0 Å². The molecule has 5 rings (SSSR count). The zero-order chi connectivity index (χ0) is 20.3. The third-order valence-corrected chi connectivity index (χ3v) is 9.12. The largest absolute Gasteiger partial charge is 0.475 e. The quantitative estimate of drug-likeness (QED) is 0.811. The first kappa shape index (κ1) is 19.7. The minimum atomic E-state index is -3.13. The molecule has 2 atom stereocenters. The predicted molar refractivity (Wildman–Crippen MR) is 104 cm³/mol. The number of carbonyl (C=O) groups is 1. The molecule has 1 aromatic carbocycles. The summed E-state index contributed by atoms with van der Waals surface area (Å²) in [7, 11) is -3.13. The van der Waals surface area contributed by atoms with E-state index in [0.717, 1.165) is 19.3 Å². The number of sulfone groups is 1. The summed E-state index contributed by atoms with van der Waals surface area (Å²) >= 11 is 0. The second kappa shape index (κ2) is 6.44. The van der Waals surface area contributed by atoms with Gasteiger partial charge in [0.05, 0.1) is 4.75 Å². The van der Waals surface area contributed by atoms with Crippen molar-refractivity contribution in [2.24, 2.45) is 17.8 Å². The summed E-state index contributed by atoms with van der Waals surface area (Å²) in [6, 6.07) is 5.99. The Bertz CT molecular complexity index is 881. The highest BCUT2D eigenvalue weighted by atomic mass is 32.2. The molecule has 1 N–H and O–H groups in total. The molecule has 7 heteroatoms. The van der Waals surface area contributed by atoms with Crippen molar-refractivity contribution >= 4 is 15.7 Å². The Morgan fingerprint density at radius 3 is 2.36 bits per heavy atom. The number of amides is 1. The van der Waals surface area contributed by atoms with Gasteiger partial charge in [-0.3, -0.25) is 4.79 Å². The molecule has 0 spiro atoms. The normalized spacial score (nSPS) is 34.3. The first-order valence-corrected chi connectivity index (χ1v) is 11.8. The van der Waals surface area contributed by atoms with Crippen LogP contribution in [0.2, 0.25) is 0 Å². The van der Waals surface area contributed by atoms with Gasteiger partial charge in [-0.05, 0) is 75.8 Å². The van der Waals surface area contributed by atoms with Crippen molar-refractivity contribution in [2.45, 2.75) is 62.3 Å². The van der Waals surface area contributed by atoms with Gasteiger partial charge >= 0.3 is 0 Å². The molecule has 0 aromatic heterocycles. The van der Waals surface area contributed by atoms with Crippen LogP contribution in [0, 0.1) is 23.6 Å². The molecular formula is C21H28FNO4S. The van der Waals surface area contributed by atoms with Gasteiger partial charge in [0, 0.05) is 12.3 Å². The third-order valence-electron chi connectivity index (χ3n) is 7.05. The summed E-state index contributed by atoms with van der Waals surface area (Å²) in [5.74, 6) is 0.0323. The standard InChI is InChI=1S/C21H28FNO4S/c1-20(2,27-17-7-5-4-6-16(17)22)19(24)23-18-14-8-13-9-15(18)12-21(10-13,11-14)28(3,25)26/h4-7,13-15,18H,8-12H2,1-3H3,(H,23,24). The molecule has 0 saturated heterocycles. The fourth-order valence-corrected chi connectivity index (χ4v) is 7.39. The van der Waals surface area contributed by atoms with E-state index in [-0.39, 0.29) is 29.5 Å². The van der Waals surface area contributed by atoms with Crippen molar-refractivity contribution in [3.63, 3.8) is 0 Å². The Labute approximate surface area is 166 Å². The number of benzene rings is 1. The van der Waals surface area contributed by atoms with E-state index in [1.807, 2.05) is 0 Å². The molecule has 0 aliphatic heterocycles. The molecule has 1 aromatic rings. The van der Waals surface area contributed by atoms with Crippen LogP contribution >= 0.6 is 0 Å². The molecule has 4 aliphatic carbocycles. The molecule has 0 heterocycles. The van der Waals surface area contributed by atoms with E-state index < -0.39 is 26.0 Å². The smallest absolute Gasteiger partial charge is 0.263 e. The predicted octanol–water partition coefficient (Wildman–Crippen LogP) is 3.09. The number of para-hydroxylation sites is 1. The van der Waals surface area contributed by atoms with Gasteiger partial charge in [-0.2, -0.15) is 0 Å². The van der Waals surface area contributed by atoms with Crippen molar-refractivity contribution in [1.82, 2.24) is 5.32 Å². The first-order valence-electron chi connectivity index (χ1n) is 9.95. The van der Waals surface area contributed by atoms with Crippen molar-refractivity contribution in [1.29, 1.82) is 0 Å². The molecule has 154 valence electrons. The maximum absolute atomic E-state index is 13.9. The summed E-state index contributed by atoms with van der Waals surface area (Å²) in [5.41, 5.74) is -1.23. The number of nitrogens with one attached hydrogen (secondary N) is 1. The maximum atomic E-state index is 13.9. The van der Waals surface area contributed by atoms with Gasteiger partial charge in [-0.25, -0.2) is 12.8 Å². The molecule has 4 fully saturated rings. The fourth-order valence-electron chi connectivity index (χ4n) is 5.81. The van der Waals surface area contributed by atoms with Crippen LogP contribution < -0.4 is 10.1 Å². The van der Waals surface area contributed by atoms with Gasteiger partial charge in [-0.1, -0.05) is 12.1 Å². The molecule has 5 nitrogen and oxygen atoms in total. The monoisotopic (exact) mass is 409 g/mol. The molecule has 0 radical (unpaired) electrons. The SMILES string of the molecule is CC(C)(Oc1ccccc1F)C(=O)NC1C2CC3CC1CC(S(C)(=O)=O)(C3)C2. The van der Waals surface area contributed by atoms with Gasteiger partial charge in [0.1, 0.15) is 0 Å². The Morgan fingerprint density at radius 2 is 1.79 bits per heavy atom. The molecule has 4 saturated carbocycles. The average Bonchev–Trinajstić information content (AvgIpc) is 2.58. The van der Waals surface area contributed by atoms with E-state index in [1.54, 1.807) is 26.0 Å². The number of carbonyl (C=O) groups excluding carboxylic acids is 1. The van der Waals surface area contributed by atoms with Crippen LogP contribution in [0.1, 0.15) is 46.0 Å². The number of hydrogen-bond donors (Lipinski definition) is 1. The third kappa shape index (κ3) is 3.21. The molecule has 1 amide bonds. The Kier molecular flexibility index (Phi) is 4.53. The van der Waals surface area contributed by atoms with Gasteiger partial charge in [-0.15, -0.1) is 0 Å². The number of ether oxygens (including phenoxy) is 1. The van der Waals surface area contributed by atoms with E-state index >= 15 is 0 Å². The average molecular weight is 410 g/mol. The lowest BCUT2D eigenvalue weighted by Crippen LogP contribution is -2.65. The summed E-state index contributed by atoms with van der Waals surface area (Å²) in [4.78, 5) is 13.0. The van der Waals surface area contributed by atoms with Crippen LogP contribution in [-0.2, 0) is 14.6 Å². The van der Waals surface area contributed by atoms with Crippen LogP contribution in [0.15, 0.2) is 24.3 Å². The van der Waals surface area contributed by atoms with Crippen LogP contribution in [0.4, 0.5) is 4.39 Å². The molecule has 4 bridgehead atoms. The van der Waals surface area contributed by atoms with Crippen molar-refractivity contribution in [2.75, 3.05) is 6.26 Å². The minimum Gasteiger partial charge on any atom is -0.475 e. The lowest BCUT2D eigenvalue weighted by Gasteiger charge is -2.59. The molecular weight excluding hydrogens is 381 g/mol. The summed E-state index contributed by atoms with van der Waals surface area (Å²) < 4.78 is 43.9. The minimum absolute atomic E-state index is 0.0394. The summed E-state index contributed by atoms with van der Waals surface area (Å²) in [6.07, 6.45) is 5.30. The molecule has 28 heavy (non-hydrogen) atoms. The molecule has 4 aliphatic rings. The highest BCUT2D eigenvalue weighted by Gasteiger charge is 2.60. The van der Waals surface area contributed by atoms with Crippen LogP contribution in [0.3, 0.4) is 0 Å². The lowest BCUT2D eigenvalue weighted by atomic mass is 9.53. The zero-order valence-electron chi connectivity index (χ0n) is 16.6. The first-order chi connectivity index (χ1) is 13.0. The van der Waals surface area contributed by atoms with Gasteiger partial charge in [0.2, 0.25) is 0 Å². The number of hydrogen-bond acceptors (Lipinski definition) is 4. The lowest BCUT2D eigenvalue weighted by molar-refractivity contribution is -0.138. The maximum Gasteiger partial charge on any atom is 0.263 e. The number of halogens is 1. The van der Waals surface area contributed by atoms with Gasteiger partial charge < -0.3 is 10.1 Å². The van der Waals surface area contributed by atoms with E-state index in [4.69, 9.17) is 4.74 Å². The summed E-state index contributed by atoms with van der Waals surface area (Å²) in [5, 5.41) is 3.13. The van der Waals surface area contributed by atoms with Crippen molar-refractivity contribution in [3.05, 3.63) is 30.1 Å². The topological polar surface area (TPSA) is 72.5 Å². The van der Waals surface area contributed by atoms with Crippen LogP contribution in [0.25, 0.3) is 0 Å². The highest BCUT2D eigenvalue weighted by molar-refractivity contribution is 7.92. The van der Waals surface area contributed by atoms with Crippen molar-refractivity contribution < 1.29 is 22.3 Å².